The van der Waals surface area contributed by atoms with Gasteiger partial charge < -0.3 is 10.1 Å². The lowest BCUT2D eigenvalue weighted by molar-refractivity contribution is -0.0378. The molecule has 2 aromatic rings. The lowest BCUT2D eigenvalue weighted by Crippen LogP contribution is -2.43. The summed E-state index contributed by atoms with van der Waals surface area (Å²) >= 11 is 0. The number of rotatable bonds is 3. The van der Waals surface area contributed by atoms with Crippen LogP contribution in [0.3, 0.4) is 0 Å². The first kappa shape index (κ1) is 21.6. The van der Waals surface area contributed by atoms with Crippen molar-refractivity contribution < 1.29 is 9.53 Å². The summed E-state index contributed by atoms with van der Waals surface area (Å²) in [4.78, 5) is 13.4. The molecule has 1 aliphatic heterocycles. The Balaban J connectivity index is 2.00. The Morgan fingerprint density at radius 3 is 1.86 bits per heavy atom. The third kappa shape index (κ3) is 4.90. The van der Waals surface area contributed by atoms with Crippen LogP contribution < -0.4 is 5.32 Å². The van der Waals surface area contributed by atoms with Crippen molar-refractivity contribution in [2.45, 2.75) is 70.8 Å². The molecule has 1 saturated heterocycles. The fraction of sp³-hybridized carbons (Fsp3) is 0.500. The van der Waals surface area contributed by atoms with E-state index in [1.807, 2.05) is 30.3 Å². The molecular weight excluding hydrogens is 358 g/mol. The van der Waals surface area contributed by atoms with Gasteiger partial charge in [0.15, 0.2) is 0 Å². The van der Waals surface area contributed by atoms with Gasteiger partial charge in [0.2, 0.25) is 0 Å². The van der Waals surface area contributed by atoms with Crippen LogP contribution in [0.1, 0.15) is 81.4 Å². The van der Waals surface area contributed by atoms with Gasteiger partial charge >= 0.3 is 5.97 Å². The minimum absolute atomic E-state index is 0.0395. The van der Waals surface area contributed by atoms with Crippen LogP contribution in [0.2, 0.25) is 0 Å². The Hall–Kier alpha value is -2.13. The van der Waals surface area contributed by atoms with Gasteiger partial charge in [-0.25, -0.2) is 4.79 Å². The maximum atomic E-state index is 13.4. The molecule has 1 heterocycles. The molecule has 0 bridgehead atoms. The number of piperidine rings is 1. The average molecular weight is 394 g/mol. The molecular formula is C26H35NO2. The zero-order chi connectivity index (χ0) is 21.3. The van der Waals surface area contributed by atoms with Crippen LogP contribution in [0, 0.1) is 0 Å². The van der Waals surface area contributed by atoms with Crippen molar-refractivity contribution in [1.82, 2.24) is 5.32 Å². The predicted molar refractivity (Wildman–Crippen MR) is 119 cm³/mol. The van der Waals surface area contributed by atoms with Crippen LogP contribution in [0.5, 0.6) is 0 Å². The lowest BCUT2D eigenvalue weighted by atomic mass is 9.79. The molecule has 0 unspecified atom stereocenters. The van der Waals surface area contributed by atoms with Crippen molar-refractivity contribution >= 4 is 5.97 Å². The highest BCUT2D eigenvalue weighted by atomic mass is 16.6. The number of carbonyl (C=O) groups is 1. The Morgan fingerprint density at radius 2 is 1.38 bits per heavy atom. The van der Waals surface area contributed by atoms with Gasteiger partial charge in [0.05, 0.1) is 5.56 Å². The van der Waals surface area contributed by atoms with E-state index in [4.69, 9.17) is 4.74 Å². The third-order valence-corrected chi connectivity index (χ3v) is 5.90. The molecule has 0 radical (unpaired) electrons. The van der Waals surface area contributed by atoms with Crippen LogP contribution >= 0.6 is 0 Å². The van der Waals surface area contributed by atoms with Crippen LogP contribution in [-0.2, 0) is 21.2 Å². The Kier molecular flexibility index (Phi) is 5.91. The first-order valence-corrected chi connectivity index (χ1v) is 10.7. The number of esters is 1. The number of nitrogens with one attached hydrogen (secondary N) is 1. The monoisotopic (exact) mass is 393 g/mol. The van der Waals surface area contributed by atoms with Crippen molar-refractivity contribution in [3.63, 3.8) is 0 Å². The molecule has 3 nitrogen and oxygen atoms in total. The minimum Gasteiger partial charge on any atom is -0.450 e. The zero-order valence-corrected chi connectivity index (χ0v) is 18.8. The number of benzene rings is 2. The second kappa shape index (κ2) is 7.95. The van der Waals surface area contributed by atoms with E-state index in [0.29, 0.717) is 5.56 Å². The summed E-state index contributed by atoms with van der Waals surface area (Å²) in [5, 5.41) is 3.39. The first-order chi connectivity index (χ1) is 13.5. The molecule has 0 amide bonds. The Morgan fingerprint density at radius 1 is 0.862 bits per heavy atom. The number of hydrogen-bond donors (Lipinski definition) is 1. The summed E-state index contributed by atoms with van der Waals surface area (Å²) < 4.78 is 6.31. The topological polar surface area (TPSA) is 38.3 Å². The third-order valence-electron chi connectivity index (χ3n) is 5.90. The molecule has 0 aromatic heterocycles. The molecule has 1 aliphatic rings. The molecule has 3 heteroatoms. The summed E-state index contributed by atoms with van der Waals surface area (Å²) in [5.41, 5.74) is 3.41. The second-order valence-electron chi connectivity index (χ2n) is 10.3. The summed E-state index contributed by atoms with van der Waals surface area (Å²) in [6.45, 7) is 14.8. The molecule has 0 spiro atoms. The van der Waals surface area contributed by atoms with Gasteiger partial charge in [0, 0.05) is 12.8 Å². The molecule has 29 heavy (non-hydrogen) atoms. The van der Waals surface area contributed by atoms with Crippen molar-refractivity contribution in [2.24, 2.45) is 0 Å². The average Bonchev–Trinajstić information content (AvgIpc) is 2.67. The van der Waals surface area contributed by atoms with E-state index >= 15 is 0 Å². The van der Waals surface area contributed by atoms with Gasteiger partial charge in [-0.3, -0.25) is 0 Å². The molecule has 1 fully saturated rings. The fourth-order valence-electron chi connectivity index (χ4n) is 3.87. The smallest absolute Gasteiger partial charge is 0.339 e. The number of ether oxygens (including phenoxy) is 1. The van der Waals surface area contributed by atoms with Crippen molar-refractivity contribution in [2.75, 3.05) is 13.1 Å². The predicted octanol–water partition coefficient (Wildman–Crippen LogP) is 5.72. The van der Waals surface area contributed by atoms with Gasteiger partial charge in [0.1, 0.15) is 5.60 Å². The van der Waals surface area contributed by atoms with Crippen molar-refractivity contribution in [3.05, 3.63) is 70.8 Å². The highest BCUT2D eigenvalue weighted by molar-refractivity contribution is 5.90. The summed E-state index contributed by atoms with van der Waals surface area (Å²) in [6, 6.07) is 16.4. The largest absolute Gasteiger partial charge is 0.450 e. The van der Waals surface area contributed by atoms with Gasteiger partial charge in [-0.15, -0.1) is 0 Å². The van der Waals surface area contributed by atoms with Crippen LogP contribution in [0.25, 0.3) is 0 Å². The maximum Gasteiger partial charge on any atom is 0.339 e. The van der Waals surface area contributed by atoms with Crippen molar-refractivity contribution in [1.29, 1.82) is 0 Å². The van der Waals surface area contributed by atoms with Crippen molar-refractivity contribution in [3.8, 4) is 0 Å². The second-order valence-corrected chi connectivity index (χ2v) is 10.3. The van der Waals surface area contributed by atoms with E-state index < -0.39 is 5.60 Å². The summed E-state index contributed by atoms with van der Waals surface area (Å²) in [5.74, 6) is -0.229. The molecule has 0 saturated carbocycles. The molecule has 0 aliphatic carbocycles. The lowest BCUT2D eigenvalue weighted by Gasteiger charge is -2.37. The quantitative estimate of drug-likeness (QED) is 0.678. The van der Waals surface area contributed by atoms with Crippen LogP contribution in [0.15, 0.2) is 48.5 Å². The van der Waals surface area contributed by atoms with E-state index in [2.05, 4.69) is 65.1 Å². The minimum atomic E-state index is -0.566. The molecule has 2 aromatic carbocycles. The van der Waals surface area contributed by atoms with Gasteiger partial charge in [0.25, 0.3) is 0 Å². The maximum absolute atomic E-state index is 13.4. The number of hydrogen-bond acceptors (Lipinski definition) is 3. The molecule has 3 rings (SSSR count). The molecule has 156 valence electrons. The Bertz CT molecular complexity index is 818. The van der Waals surface area contributed by atoms with E-state index in [9.17, 15) is 4.79 Å². The highest BCUT2D eigenvalue weighted by Gasteiger charge is 2.38. The van der Waals surface area contributed by atoms with E-state index in [1.54, 1.807) is 0 Å². The number of carbonyl (C=O) groups excluding carboxylic acids is 1. The summed E-state index contributed by atoms with van der Waals surface area (Å²) in [6.07, 6.45) is 1.57. The van der Waals surface area contributed by atoms with Crippen LogP contribution in [0.4, 0.5) is 0 Å². The Labute approximate surface area is 175 Å². The van der Waals surface area contributed by atoms with E-state index in [1.165, 1.54) is 0 Å². The first-order valence-electron chi connectivity index (χ1n) is 10.7. The van der Waals surface area contributed by atoms with E-state index in [0.717, 1.165) is 42.6 Å². The van der Waals surface area contributed by atoms with Gasteiger partial charge in [-0.2, -0.15) is 0 Å². The fourth-order valence-corrected chi connectivity index (χ4v) is 3.87. The van der Waals surface area contributed by atoms with Gasteiger partial charge in [-0.1, -0.05) is 77.9 Å². The summed E-state index contributed by atoms with van der Waals surface area (Å²) in [7, 11) is 0. The standard InChI is InChI=1S/C26H35NO2/c1-24(2,3)21-16-19(17-22(18-21)25(4,5)6)23(28)29-26(12-14-27-15-13-26)20-10-8-7-9-11-20/h7-11,16-18,27H,12-15H2,1-6H3. The van der Waals surface area contributed by atoms with E-state index in [-0.39, 0.29) is 16.8 Å². The molecule has 1 N–H and O–H groups in total. The SMILES string of the molecule is CC(C)(C)c1cc(C(=O)OC2(c3ccccc3)CCNCC2)cc(C(C)(C)C)c1. The van der Waals surface area contributed by atoms with Crippen LogP contribution in [-0.4, -0.2) is 19.1 Å². The highest BCUT2D eigenvalue weighted by Crippen LogP contribution is 2.37. The zero-order valence-electron chi connectivity index (χ0n) is 18.8. The molecule has 0 atom stereocenters. The normalized spacial score (nSPS) is 17.0. The van der Waals surface area contributed by atoms with Gasteiger partial charge in [-0.05, 0) is 52.7 Å².